The van der Waals surface area contributed by atoms with Crippen molar-refractivity contribution in [3.05, 3.63) is 88.4 Å². The van der Waals surface area contributed by atoms with Gasteiger partial charge in [0.2, 0.25) is 5.91 Å². The fraction of sp³-hybridized carbons (Fsp3) is 0.500. The SMILES string of the molecule is COCCCC(OC1CN(C(=O)OC(C)(C)C)CCC1c1ccc(OCCCCOc2cccc(Cl)c2)cc1)c1ccc2c(c1)NC(=O)CC2. The van der Waals surface area contributed by atoms with Crippen molar-refractivity contribution in [1.29, 1.82) is 0 Å². The summed E-state index contributed by atoms with van der Waals surface area (Å²) in [5.74, 6) is 1.66. The lowest BCUT2D eigenvalue weighted by molar-refractivity contribution is -0.116. The highest BCUT2D eigenvalue weighted by atomic mass is 35.5. The number of piperidine rings is 1. The van der Waals surface area contributed by atoms with E-state index in [4.69, 9.17) is 35.3 Å². The Labute approximate surface area is 301 Å². The minimum atomic E-state index is -0.598. The fourth-order valence-corrected chi connectivity index (χ4v) is 6.59. The molecule has 3 atom stereocenters. The number of methoxy groups -OCH3 is 1. The first-order chi connectivity index (χ1) is 24.1. The number of hydrogen-bond acceptors (Lipinski definition) is 7. The maximum atomic E-state index is 13.2. The molecular formula is C40H51ClN2O7. The number of benzene rings is 3. The van der Waals surface area contributed by atoms with Gasteiger partial charge in [-0.1, -0.05) is 41.9 Å². The Morgan fingerprint density at radius 2 is 1.70 bits per heavy atom. The molecule has 0 saturated carbocycles. The van der Waals surface area contributed by atoms with Crippen LogP contribution in [-0.4, -0.2) is 68.6 Å². The van der Waals surface area contributed by atoms with Crippen molar-refractivity contribution in [2.24, 2.45) is 0 Å². The number of fused-ring (bicyclic) bond motifs is 1. The highest BCUT2D eigenvalue weighted by molar-refractivity contribution is 6.30. The summed E-state index contributed by atoms with van der Waals surface area (Å²) in [6.45, 7) is 8.39. The molecule has 3 unspecified atom stereocenters. The van der Waals surface area contributed by atoms with E-state index in [0.717, 1.165) is 72.4 Å². The van der Waals surface area contributed by atoms with Crippen LogP contribution in [0.25, 0.3) is 0 Å². The lowest BCUT2D eigenvalue weighted by Gasteiger charge is -2.40. The molecule has 0 spiro atoms. The molecule has 1 saturated heterocycles. The molecule has 2 aliphatic heterocycles. The standard InChI is InChI=1S/C40H51ClN2O7/c1-40(2,3)50-39(45)43-21-20-34(28-14-17-32(18-15-28)47-23-5-6-24-48-33-10-7-9-31(41)26-33)37(27-43)49-36(11-8-22-46-4)30-13-12-29-16-19-38(44)42-35(29)25-30/h7,9-10,12-15,17-18,25-26,34,36-37H,5-6,8,11,16,19-24,27H2,1-4H3,(H,42,44). The number of unbranched alkanes of at least 4 members (excludes halogenated alkanes) is 1. The number of carbonyl (C=O) groups is 2. The van der Waals surface area contributed by atoms with Crippen molar-refractivity contribution >= 4 is 29.3 Å². The number of ether oxygens (including phenoxy) is 5. The molecule has 1 N–H and O–H groups in total. The van der Waals surface area contributed by atoms with Crippen molar-refractivity contribution in [3.8, 4) is 11.5 Å². The number of likely N-dealkylation sites (tertiary alicyclic amines) is 1. The lowest BCUT2D eigenvalue weighted by Crippen LogP contribution is -2.48. The summed E-state index contributed by atoms with van der Waals surface area (Å²) in [7, 11) is 1.70. The van der Waals surface area contributed by atoms with Gasteiger partial charge in [0.05, 0.1) is 32.0 Å². The largest absolute Gasteiger partial charge is 0.494 e. The van der Waals surface area contributed by atoms with Crippen molar-refractivity contribution in [2.75, 3.05) is 45.3 Å². The van der Waals surface area contributed by atoms with E-state index in [1.54, 1.807) is 12.0 Å². The van der Waals surface area contributed by atoms with E-state index in [1.807, 2.05) is 63.2 Å². The Morgan fingerprint density at radius 3 is 2.42 bits per heavy atom. The Balaban J connectivity index is 1.26. The summed E-state index contributed by atoms with van der Waals surface area (Å²) in [5.41, 5.74) is 3.51. The van der Waals surface area contributed by atoms with Gasteiger partial charge in [-0.25, -0.2) is 4.79 Å². The van der Waals surface area contributed by atoms with E-state index in [1.165, 1.54) is 0 Å². The van der Waals surface area contributed by atoms with E-state index >= 15 is 0 Å². The van der Waals surface area contributed by atoms with Crippen molar-refractivity contribution in [3.63, 3.8) is 0 Å². The first kappa shape index (κ1) is 37.5. The summed E-state index contributed by atoms with van der Waals surface area (Å²) < 4.78 is 30.0. The maximum absolute atomic E-state index is 13.2. The van der Waals surface area contributed by atoms with Gasteiger partial charge >= 0.3 is 6.09 Å². The van der Waals surface area contributed by atoms with Gasteiger partial charge in [0.25, 0.3) is 0 Å². The third kappa shape index (κ3) is 11.1. The molecule has 2 amide bonds. The molecule has 9 nitrogen and oxygen atoms in total. The molecule has 2 heterocycles. The first-order valence-corrected chi connectivity index (χ1v) is 18.1. The van der Waals surface area contributed by atoms with Crippen LogP contribution in [0.4, 0.5) is 10.5 Å². The highest BCUT2D eigenvalue weighted by Gasteiger charge is 2.37. The molecule has 2 aliphatic rings. The third-order valence-corrected chi connectivity index (χ3v) is 9.18. The number of carbonyl (C=O) groups excluding carboxylic acids is 2. The predicted octanol–water partition coefficient (Wildman–Crippen LogP) is 8.74. The van der Waals surface area contributed by atoms with E-state index in [9.17, 15) is 9.59 Å². The quantitative estimate of drug-likeness (QED) is 0.158. The number of anilines is 1. The number of nitrogens with one attached hydrogen (secondary N) is 1. The zero-order valence-corrected chi connectivity index (χ0v) is 30.5. The van der Waals surface area contributed by atoms with Crippen LogP contribution in [-0.2, 0) is 25.4 Å². The summed E-state index contributed by atoms with van der Waals surface area (Å²) in [4.78, 5) is 27.2. The molecule has 0 aliphatic carbocycles. The topological polar surface area (TPSA) is 95.6 Å². The van der Waals surface area contributed by atoms with Crippen molar-refractivity contribution < 1.29 is 33.3 Å². The van der Waals surface area contributed by atoms with Gasteiger partial charge in [-0.3, -0.25) is 4.79 Å². The highest BCUT2D eigenvalue weighted by Crippen LogP contribution is 2.38. The number of rotatable bonds is 15. The van der Waals surface area contributed by atoms with Crippen LogP contribution >= 0.6 is 11.6 Å². The summed E-state index contributed by atoms with van der Waals surface area (Å²) in [6, 6.07) is 21.9. The molecule has 10 heteroatoms. The number of halogens is 1. The van der Waals surface area contributed by atoms with Gasteiger partial charge in [-0.05, 0) is 112 Å². The second-order valence-corrected chi connectivity index (χ2v) is 14.5. The number of hydrogen-bond donors (Lipinski definition) is 1. The number of nitrogens with zero attached hydrogens (tertiary/aromatic N) is 1. The summed E-state index contributed by atoms with van der Waals surface area (Å²) >= 11 is 6.04. The van der Waals surface area contributed by atoms with Gasteiger partial charge in [-0.15, -0.1) is 0 Å². The van der Waals surface area contributed by atoms with Crippen LogP contribution in [0, 0.1) is 0 Å². The average molecular weight is 707 g/mol. The molecule has 0 bridgehead atoms. The van der Waals surface area contributed by atoms with Gasteiger partial charge in [-0.2, -0.15) is 0 Å². The molecule has 3 aromatic rings. The van der Waals surface area contributed by atoms with Gasteiger partial charge < -0.3 is 33.9 Å². The van der Waals surface area contributed by atoms with Crippen LogP contribution < -0.4 is 14.8 Å². The molecule has 50 heavy (non-hydrogen) atoms. The normalized spacial score (nSPS) is 18.2. The summed E-state index contributed by atoms with van der Waals surface area (Å²) in [5, 5.41) is 3.69. The monoisotopic (exact) mass is 706 g/mol. The molecule has 0 radical (unpaired) electrons. The zero-order chi connectivity index (χ0) is 35.5. The molecular weight excluding hydrogens is 656 g/mol. The van der Waals surface area contributed by atoms with Gasteiger partial charge in [0.15, 0.2) is 0 Å². The van der Waals surface area contributed by atoms with Gasteiger partial charge in [0.1, 0.15) is 17.1 Å². The smallest absolute Gasteiger partial charge is 0.410 e. The second-order valence-electron chi connectivity index (χ2n) is 14.0. The minimum Gasteiger partial charge on any atom is -0.494 e. The van der Waals surface area contributed by atoms with Gasteiger partial charge in [0, 0.05) is 43.3 Å². The van der Waals surface area contributed by atoms with Crippen LogP contribution in [0.1, 0.15) is 88.0 Å². The van der Waals surface area contributed by atoms with E-state index in [-0.39, 0.29) is 30.1 Å². The molecule has 0 aromatic heterocycles. The van der Waals surface area contributed by atoms with Crippen molar-refractivity contribution in [1.82, 2.24) is 4.90 Å². The molecule has 1 fully saturated rings. The maximum Gasteiger partial charge on any atom is 0.410 e. The molecule has 270 valence electrons. The fourth-order valence-electron chi connectivity index (χ4n) is 6.41. The number of aryl methyl sites for hydroxylation is 1. The zero-order valence-electron chi connectivity index (χ0n) is 29.8. The van der Waals surface area contributed by atoms with Crippen LogP contribution in [0.15, 0.2) is 66.7 Å². The van der Waals surface area contributed by atoms with E-state index < -0.39 is 5.60 Å². The van der Waals surface area contributed by atoms with E-state index in [2.05, 4.69) is 29.6 Å². The third-order valence-electron chi connectivity index (χ3n) is 8.95. The van der Waals surface area contributed by atoms with Crippen molar-refractivity contribution in [2.45, 2.75) is 89.4 Å². The Kier molecular flexibility index (Phi) is 13.4. The van der Waals surface area contributed by atoms with Crippen LogP contribution in [0.5, 0.6) is 11.5 Å². The van der Waals surface area contributed by atoms with Crippen LogP contribution in [0.3, 0.4) is 0 Å². The van der Waals surface area contributed by atoms with Crippen LogP contribution in [0.2, 0.25) is 5.02 Å². The molecule has 5 rings (SSSR count). The summed E-state index contributed by atoms with van der Waals surface area (Å²) in [6.07, 6.45) is 4.31. The Morgan fingerprint density at radius 1 is 0.940 bits per heavy atom. The van der Waals surface area contributed by atoms with E-state index in [0.29, 0.717) is 44.4 Å². The number of amides is 2. The predicted molar refractivity (Wildman–Crippen MR) is 195 cm³/mol. The Bertz CT molecular complexity index is 1560. The Hall–Kier alpha value is -3.79. The second kappa shape index (κ2) is 17.9. The average Bonchev–Trinajstić information content (AvgIpc) is 3.08. The first-order valence-electron chi connectivity index (χ1n) is 17.7. The minimum absolute atomic E-state index is 0.0297. The molecule has 3 aromatic carbocycles. The lowest BCUT2D eigenvalue weighted by atomic mass is 9.86.